The van der Waals surface area contributed by atoms with Gasteiger partial charge in [-0.05, 0) is 23.8 Å². The maximum Gasteiger partial charge on any atom is 4.00 e. The molecule has 0 aromatic rings. The minimum Gasteiger partial charge on any atom is -0.668 e. The van der Waals surface area contributed by atoms with Crippen molar-refractivity contribution >= 4 is 16.9 Å². The molecule has 1 saturated carbocycles. The molecule has 1 amide bonds. The molecule has 2 nitrogen and oxygen atoms in total. The van der Waals surface area contributed by atoms with Crippen LogP contribution in [0.3, 0.4) is 0 Å². The SMILES string of the molecule is CC1=[C-]C(C)C(C)=C1C.[CH3-].[CH3-].[NH-]C(=O)C1CCCCC1.[SiH4].[Ti+4]. The van der Waals surface area contributed by atoms with Gasteiger partial charge in [-0.3, -0.25) is 6.08 Å². The molecule has 126 valence electrons. The third-order valence-electron chi connectivity index (χ3n) is 4.21. The number of hydrogen-bond acceptors (Lipinski definition) is 1. The molecule has 1 unspecified atom stereocenters. The van der Waals surface area contributed by atoms with Crippen molar-refractivity contribution in [3.05, 3.63) is 43.4 Å². The number of carbonyl (C=O) groups is 1. The van der Waals surface area contributed by atoms with Crippen LogP contribution >= 0.6 is 0 Å². The Bertz CT molecular complexity index is 371. The second kappa shape index (κ2) is 14.5. The van der Waals surface area contributed by atoms with E-state index in [0.29, 0.717) is 5.92 Å². The Labute approximate surface area is 158 Å². The molecule has 0 heterocycles. The molecule has 4 heteroatoms. The molecule has 0 spiro atoms. The van der Waals surface area contributed by atoms with E-state index in [2.05, 4.69) is 33.8 Å². The van der Waals surface area contributed by atoms with Crippen molar-refractivity contribution in [1.82, 2.24) is 0 Å². The van der Waals surface area contributed by atoms with Crippen molar-refractivity contribution in [2.45, 2.75) is 59.8 Å². The molecule has 1 fully saturated rings. The minimum atomic E-state index is -0.352. The summed E-state index contributed by atoms with van der Waals surface area (Å²) >= 11 is 0. The number of hydrogen-bond donors (Lipinski definition) is 0. The summed E-state index contributed by atoms with van der Waals surface area (Å²) < 4.78 is 0. The molecule has 2 aliphatic carbocycles. The first-order valence-corrected chi connectivity index (χ1v) is 6.96. The first-order chi connectivity index (χ1) is 8.43. The molecule has 2 rings (SSSR count). The predicted octanol–water partition coefficient (Wildman–Crippen LogP) is 4.31. The third-order valence-corrected chi connectivity index (χ3v) is 4.21. The van der Waals surface area contributed by atoms with Crippen LogP contribution in [0.5, 0.6) is 0 Å². The zero-order valence-electron chi connectivity index (χ0n) is 14.6. The van der Waals surface area contributed by atoms with E-state index in [1.807, 2.05) is 0 Å². The number of carbonyl (C=O) groups excluding carboxylic acids is 1. The third kappa shape index (κ3) is 9.12. The molecule has 0 aliphatic heterocycles. The van der Waals surface area contributed by atoms with Crippen LogP contribution in [-0.2, 0) is 26.5 Å². The molecule has 1 N–H and O–H groups in total. The van der Waals surface area contributed by atoms with Gasteiger partial charge in [0, 0.05) is 5.92 Å². The summed E-state index contributed by atoms with van der Waals surface area (Å²) in [6, 6.07) is 0. The predicted molar refractivity (Wildman–Crippen MR) is 100 cm³/mol. The molecule has 0 aromatic carbocycles. The van der Waals surface area contributed by atoms with Gasteiger partial charge in [0.1, 0.15) is 0 Å². The molecule has 0 saturated heterocycles. The van der Waals surface area contributed by atoms with Gasteiger partial charge in [-0.2, -0.15) is 11.1 Å². The molecular weight excluding hydrogens is 322 g/mol. The van der Waals surface area contributed by atoms with E-state index in [0.717, 1.165) is 25.7 Å². The Morgan fingerprint density at radius 1 is 1.09 bits per heavy atom. The van der Waals surface area contributed by atoms with Crippen molar-refractivity contribution in [3.8, 4) is 0 Å². The summed E-state index contributed by atoms with van der Waals surface area (Å²) in [5, 5.41) is 0. The fourth-order valence-electron chi connectivity index (χ4n) is 2.53. The smallest absolute Gasteiger partial charge is 0.668 e. The summed E-state index contributed by atoms with van der Waals surface area (Å²) in [6.45, 7) is 8.67. The van der Waals surface area contributed by atoms with Crippen LogP contribution in [0.4, 0.5) is 0 Å². The largest absolute Gasteiger partial charge is 4.00 e. The normalized spacial score (nSPS) is 20.0. The van der Waals surface area contributed by atoms with Gasteiger partial charge < -0.3 is 25.4 Å². The second-order valence-corrected chi connectivity index (χ2v) is 5.50. The molecule has 0 bridgehead atoms. The first kappa shape index (κ1) is 29.8. The van der Waals surface area contributed by atoms with E-state index in [1.54, 1.807) is 0 Å². The molecule has 0 aromatic heterocycles. The monoisotopic (exact) mass is 357 g/mol. The van der Waals surface area contributed by atoms with Gasteiger partial charge in [0.05, 0.1) is 5.91 Å². The van der Waals surface area contributed by atoms with E-state index in [1.165, 1.54) is 23.1 Å². The number of nitrogens with one attached hydrogen (secondary N) is 1. The van der Waals surface area contributed by atoms with Crippen LogP contribution in [-0.4, -0.2) is 16.9 Å². The Morgan fingerprint density at radius 2 is 1.55 bits per heavy atom. The minimum absolute atomic E-state index is 0. The zero-order valence-corrected chi connectivity index (χ0v) is 16.2. The summed E-state index contributed by atoms with van der Waals surface area (Å²) in [4.78, 5) is 10.5. The van der Waals surface area contributed by atoms with E-state index in [9.17, 15) is 4.79 Å². The maximum atomic E-state index is 10.5. The Kier molecular flexibility index (Phi) is 19.6. The van der Waals surface area contributed by atoms with Gasteiger partial charge in [-0.1, -0.05) is 46.0 Å². The van der Waals surface area contributed by atoms with Gasteiger partial charge in [0.15, 0.2) is 0 Å². The van der Waals surface area contributed by atoms with Gasteiger partial charge in [-0.15, -0.1) is 6.92 Å². The average molecular weight is 357 g/mol. The maximum absolute atomic E-state index is 10.5. The average Bonchev–Trinajstić information content (AvgIpc) is 2.58. The summed E-state index contributed by atoms with van der Waals surface area (Å²) in [7, 11) is 0. The number of amides is 1. The van der Waals surface area contributed by atoms with Crippen molar-refractivity contribution < 1.29 is 26.5 Å². The summed E-state index contributed by atoms with van der Waals surface area (Å²) in [5.74, 6) is 0.290. The van der Waals surface area contributed by atoms with Crippen molar-refractivity contribution in [3.63, 3.8) is 0 Å². The standard InChI is InChI=1S/C9H13.C7H13NO.2CH3.H4Si.Ti/c1-6-5-7(2)9(4)8(6)3;8-7(9)6-4-2-1-3-5-6;;;;/h6H,1-4H3;6H,1-5H2,(H2,8,9);2*1H3;1H4;/q-1;;2*-1;;+4/p-1. The van der Waals surface area contributed by atoms with E-state index < -0.39 is 0 Å². The zero-order chi connectivity index (χ0) is 13.7. The van der Waals surface area contributed by atoms with Crippen LogP contribution < -0.4 is 0 Å². The van der Waals surface area contributed by atoms with Crippen molar-refractivity contribution in [2.24, 2.45) is 11.8 Å². The molecular formula is C18H35NOSiTi. The fourth-order valence-corrected chi connectivity index (χ4v) is 2.53. The van der Waals surface area contributed by atoms with Crippen LogP contribution in [0.1, 0.15) is 59.8 Å². The van der Waals surface area contributed by atoms with E-state index >= 15 is 0 Å². The summed E-state index contributed by atoms with van der Waals surface area (Å²) in [5.41, 5.74) is 11.1. The summed E-state index contributed by atoms with van der Waals surface area (Å²) in [6.07, 6.45) is 8.83. The molecule has 22 heavy (non-hydrogen) atoms. The number of allylic oxidation sites excluding steroid dienone is 4. The van der Waals surface area contributed by atoms with E-state index in [4.69, 9.17) is 5.73 Å². The van der Waals surface area contributed by atoms with Crippen LogP contribution in [0, 0.1) is 32.8 Å². The second-order valence-electron chi connectivity index (χ2n) is 5.50. The van der Waals surface area contributed by atoms with Gasteiger partial charge in [0.2, 0.25) is 0 Å². The van der Waals surface area contributed by atoms with Crippen LogP contribution in [0.25, 0.3) is 5.73 Å². The Hall–Kier alpha value is -0.119. The van der Waals surface area contributed by atoms with Gasteiger partial charge in [0.25, 0.3) is 0 Å². The first-order valence-electron chi connectivity index (χ1n) is 6.96. The Balaban J connectivity index is -0.000000125. The topological polar surface area (TPSA) is 40.9 Å². The van der Waals surface area contributed by atoms with E-state index in [-0.39, 0.29) is 59.4 Å². The fraction of sp³-hybridized carbons (Fsp3) is 0.611. The molecule has 0 radical (unpaired) electrons. The van der Waals surface area contributed by atoms with Gasteiger partial charge in [-0.25, -0.2) is 5.57 Å². The van der Waals surface area contributed by atoms with Crippen LogP contribution in [0.15, 0.2) is 16.7 Å². The van der Waals surface area contributed by atoms with Crippen LogP contribution in [0.2, 0.25) is 0 Å². The quantitative estimate of drug-likeness (QED) is 0.509. The van der Waals surface area contributed by atoms with Crippen molar-refractivity contribution in [2.75, 3.05) is 0 Å². The number of rotatable bonds is 1. The molecule has 2 aliphatic rings. The van der Waals surface area contributed by atoms with Crippen molar-refractivity contribution in [1.29, 1.82) is 0 Å². The molecule has 1 atom stereocenters. The van der Waals surface area contributed by atoms with Gasteiger partial charge >= 0.3 is 21.7 Å². The Morgan fingerprint density at radius 3 is 1.73 bits per heavy atom.